The fourth-order valence-electron chi connectivity index (χ4n) is 3.19. The molecule has 1 heterocycles. The Morgan fingerprint density at radius 2 is 2.00 bits per heavy atom. The summed E-state index contributed by atoms with van der Waals surface area (Å²) in [6.45, 7) is 1.52. The van der Waals surface area contributed by atoms with Crippen molar-refractivity contribution in [3.8, 4) is 0 Å². The summed E-state index contributed by atoms with van der Waals surface area (Å²) in [5.41, 5.74) is 6.02. The molecular weight excluding hydrogens is 280 g/mol. The van der Waals surface area contributed by atoms with Crippen molar-refractivity contribution >= 4 is 30.1 Å². The molecule has 0 radical (unpaired) electrons. The Labute approximate surface area is 127 Å². The quantitative estimate of drug-likeness (QED) is 0.821. The van der Waals surface area contributed by atoms with Gasteiger partial charge < -0.3 is 11.1 Å². The highest BCUT2D eigenvalue weighted by Gasteiger charge is 2.33. The van der Waals surface area contributed by atoms with Crippen LogP contribution in [0.4, 0.5) is 0 Å². The minimum Gasteiger partial charge on any atom is -0.355 e. The zero-order valence-electron chi connectivity index (χ0n) is 11.7. The van der Waals surface area contributed by atoms with Crippen LogP contribution in [0.2, 0.25) is 0 Å². The normalized spacial score (nSPS) is 25.6. The van der Waals surface area contributed by atoms with E-state index in [2.05, 4.69) is 5.32 Å². The van der Waals surface area contributed by atoms with Crippen molar-refractivity contribution < 1.29 is 4.79 Å². The third-order valence-corrected chi connectivity index (χ3v) is 5.83. The molecule has 1 saturated carbocycles. The molecular formula is C14H27ClN2OS. The zero-order valence-corrected chi connectivity index (χ0v) is 13.3. The van der Waals surface area contributed by atoms with Crippen LogP contribution in [0.1, 0.15) is 51.4 Å². The van der Waals surface area contributed by atoms with Gasteiger partial charge in [-0.1, -0.05) is 19.3 Å². The number of rotatable bonds is 5. The van der Waals surface area contributed by atoms with E-state index in [-0.39, 0.29) is 23.7 Å². The number of carbonyl (C=O) groups excluding carboxylic acids is 1. The third-order valence-electron chi connectivity index (χ3n) is 4.43. The summed E-state index contributed by atoms with van der Waals surface area (Å²) in [4.78, 5) is 12.1. The van der Waals surface area contributed by atoms with Crippen LogP contribution >= 0.6 is 24.2 Å². The summed E-state index contributed by atoms with van der Waals surface area (Å²) in [6.07, 6.45) is 9.25. The molecule has 19 heavy (non-hydrogen) atoms. The van der Waals surface area contributed by atoms with Crippen molar-refractivity contribution in [2.45, 2.75) is 56.6 Å². The molecule has 1 unspecified atom stereocenters. The number of thioether (sulfide) groups is 1. The van der Waals surface area contributed by atoms with Crippen LogP contribution in [0.25, 0.3) is 0 Å². The highest BCUT2D eigenvalue weighted by Crippen LogP contribution is 2.38. The number of halogens is 1. The molecule has 112 valence electrons. The van der Waals surface area contributed by atoms with Crippen LogP contribution < -0.4 is 11.1 Å². The minimum absolute atomic E-state index is 0. The topological polar surface area (TPSA) is 55.1 Å². The van der Waals surface area contributed by atoms with Gasteiger partial charge in [-0.15, -0.1) is 12.4 Å². The molecule has 0 aromatic rings. The summed E-state index contributed by atoms with van der Waals surface area (Å²) in [7, 11) is 0. The Morgan fingerprint density at radius 1 is 1.26 bits per heavy atom. The van der Waals surface area contributed by atoms with Gasteiger partial charge in [0.25, 0.3) is 0 Å². The van der Waals surface area contributed by atoms with E-state index in [1.54, 1.807) is 0 Å². The van der Waals surface area contributed by atoms with Crippen LogP contribution in [0.5, 0.6) is 0 Å². The number of nitrogens with two attached hydrogens (primary N) is 1. The first kappa shape index (κ1) is 17.1. The van der Waals surface area contributed by atoms with Crippen molar-refractivity contribution in [2.24, 2.45) is 11.1 Å². The molecule has 0 spiro atoms. The Morgan fingerprint density at radius 3 is 2.58 bits per heavy atom. The molecule has 1 amide bonds. The Balaban J connectivity index is 0.00000180. The standard InChI is InChI=1S/C14H26N2OS.ClH/c15-11-14(6-2-1-3-7-14)9-13(17)16-10-12-5-4-8-18-12;/h12H,1-11,15H2,(H,16,17);1H. The van der Waals surface area contributed by atoms with Crippen molar-refractivity contribution in [3.05, 3.63) is 0 Å². The van der Waals surface area contributed by atoms with Gasteiger partial charge in [0.2, 0.25) is 5.91 Å². The van der Waals surface area contributed by atoms with Gasteiger partial charge in [0.15, 0.2) is 0 Å². The largest absolute Gasteiger partial charge is 0.355 e. The van der Waals surface area contributed by atoms with E-state index in [4.69, 9.17) is 5.73 Å². The first-order valence-corrected chi connectivity index (χ1v) is 8.37. The summed E-state index contributed by atoms with van der Waals surface area (Å²) < 4.78 is 0. The highest BCUT2D eigenvalue weighted by atomic mass is 35.5. The maximum absolute atomic E-state index is 12.1. The third kappa shape index (κ3) is 5.16. The van der Waals surface area contributed by atoms with Gasteiger partial charge in [-0.25, -0.2) is 0 Å². The lowest BCUT2D eigenvalue weighted by Gasteiger charge is -2.35. The molecule has 1 atom stereocenters. The maximum atomic E-state index is 12.1. The summed E-state index contributed by atoms with van der Waals surface area (Å²) in [5, 5.41) is 3.76. The predicted molar refractivity (Wildman–Crippen MR) is 84.9 cm³/mol. The zero-order chi connectivity index (χ0) is 12.8. The molecule has 2 rings (SSSR count). The number of amides is 1. The molecule has 0 aromatic carbocycles. The maximum Gasteiger partial charge on any atom is 0.220 e. The summed E-state index contributed by atoms with van der Waals surface area (Å²) in [5.74, 6) is 1.47. The predicted octanol–water partition coefficient (Wildman–Crippen LogP) is 2.72. The Bertz CT molecular complexity index is 277. The van der Waals surface area contributed by atoms with Gasteiger partial charge in [-0.2, -0.15) is 11.8 Å². The lowest BCUT2D eigenvalue weighted by Crippen LogP contribution is -2.39. The van der Waals surface area contributed by atoms with E-state index in [0.717, 1.165) is 19.4 Å². The molecule has 0 bridgehead atoms. The van der Waals surface area contributed by atoms with Crippen LogP contribution in [0.3, 0.4) is 0 Å². The van der Waals surface area contributed by atoms with E-state index in [1.807, 2.05) is 11.8 Å². The van der Waals surface area contributed by atoms with Gasteiger partial charge in [0.1, 0.15) is 0 Å². The van der Waals surface area contributed by atoms with Gasteiger partial charge in [-0.3, -0.25) is 4.79 Å². The summed E-state index contributed by atoms with van der Waals surface area (Å²) >= 11 is 2.00. The van der Waals surface area contributed by atoms with E-state index >= 15 is 0 Å². The lowest BCUT2D eigenvalue weighted by molar-refractivity contribution is -0.123. The second kappa shape index (κ2) is 8.38. The molecule has 1 aliphatic heterocycles. The molecule has 5 heteroatoms. The van der Waals surface area contributed by atoms with Crippen molar-refractivity contribution in [2.75, 3.05) is 18.8 Å². The summed E-state index contributed by atoms with van der Waals surface area (Å²) in [6, 6.07) is 0. The fourth-order valence-corrected chi connectivity index (χ4v) is 4.39. The average molecular weight is 307 g/mol. The van der Waals surface area contributed by atoms with Crippen molar-refractivity contribution in [1.82, 2.24) is 5.32 Å². The Kier molecular flexibility index (Phi) is 7.55. The van der Waals surface area contributed by atoms with Crippen LogP contribution in [-0.2, 0) is 4.79 Å². The lowest BCUT2D eigenvalue weighted by atomic mass is 9.71. The first-order valence-electron chi connectivity index (χ1n) is 7.32. The second-order valence-corrected chi connectivity index (χ2v) is 7.29. The molecule has 2 fully saturated rings. The number of carbonyl (C=O) groups is 1. The van der Waals surface area contributed by atoms with Gasteiger partial charge >= 0.3 is 0 Å². The average Bonchev–Trinajstić information content (AvgIpc) is 2.91. The molecule has 0 aromatic heterocycles. The van der Waals surface area contributed by atoms with Crippen LogP contribution in [0, 0.1) is 5.41 Å². The van der Waals surface area contributed by atoms with E-state index < -0.39 is 0 Å². The van der Waals surface area contributed by atoms with Gasteiger partial charge in [-0.05, 0) is 43.4 Å². The SMILES string of the molecule is Cl.NCC1(CC(=O)NCC2CCCS2)CCCCC1. The fraction of sp³-hybridized carbons (Fsp3) is 0.929. The van der Waals surface area contributed by atoms with Crippen LogP contribution in [0.15, 0.2) is 0 Å². The second-order valence-electron chi connectivity index (χ2n) is 5.88. The molecule has 1 aliphatic carbocycles. The first-order chi connectivity index (χ1) is 8.74. The van der Waals surface area contributed by atoms with Gasteiger partial charge in [0, 0.05) is 18.2 Å². The molecule has 1 saturated heterocycles. The minimum atomic E-state index is 0. The Hall–Kier alpha value is 0.0700. The molecule has 3 nitrogen and oxygen atoms in total. The van der Waals surface area contributed by atoms with Gasteiger partial charge in [0.05, 0.1) is 0 Å². The van der Waals surface area contributed by atoms with E-state index in [1.165, 1.54) is 37.9 Å². The number of hydrogen-bond acceptors (Lipinski definition) is 3. The van der Waals surface area contributed by atoms with Crippen molar-refractivity contribution in [3.63, 3.8) is 0 Å². The smallest absolute Gasteiger partial charge is 0.220 e. The highest BCUT2D eigenvalue weighted by molar-refractivity contribution is 8.00. The monoisotopic (exact) mass is 306 g/mol. The molecule has 3 N–H and O–H groups in total. The van der Waals surface area contributed by atoms with Crippen LogP contribution in [-0.4, -0.2) is 30.0 Å². The number of hydrogen-bond donors (Lipinski definition) is 2. The van der Waals surface area contributed by atoms with E-state index in [0.29, 0.717) is 18.2 Å². The molecule has 2 aliphatic rings. The van der Waals surface area contributed by atoms with E-state index in [9.17, 15) is 4.79 Å². The number of nitrogens with one attached hydrogen (secondary N) is 1. The van der Waals surface area contributed by atoms with Crippen molar-refractivity contribution in [1.29, 1.82) is 0 Å².